The first kappa shape index (κ1) is 22.5. The Kier molecular flexibility index (Phi) is 6.17. The fourth-order valence-electron chi connectivity index (χ4n) is 3.24. The molecule has 4 aromatic rings. The molecule has 3 heterocycles. The van der Waals surface area contributed by atoms with Crippen LogP contribution in [-0.2, 0) is 4.79 Å². The molecule has 0 fully saturated rings. The van der Waals surface area contributed by atoms with Gasteiger partial charge < -0.3 is 4.74 Å². The molecule has 0 atom stereocenters. The van der Waals surface area contributed by atoms with Gasteiger partial charge in [-0.15, -0.1) is 5.10 Å². The van der Waals surface area contributed by atoms with Crippen molar-refractivity contribution in [3.63, 3.8) is 0 Å². The molecule has 36 heavy (non-hydrogen) atoms. The molecule has 13 nitrogen and oxygen atoms in total. The van der Waals surface area contributed by atoms with Crippen LogP contribution in [0.3, 0.4) is 0 Å². The quantitative estimate of drug-likeness (QED) is 0.359. The Balaban J connectivity index is 1.27. The van der Waals surface area contributed by atoms with Crippen LogP contribution < -0.4 is 15.4 Å². The molecule has 1 aliphatic rings. The maximum Gasteiger partial charge on any atom is 0.322 e. The molecule has 5 rings (SSSR count). The number of methoxy groups -OCH3 is 1. The largest absolute Gasteiger partial charge is 0.467 e. The first-order chi connectivity index (χ1) is 17.6. The van der Waals surface area contributed by atoms with Gasteiger partial charge in [0.25, 0.3) is 11.8 Å². The summed E-state index contributed by atoms with van der Waals surface area (Å²) in [5.74, 6) is -1.18. The van der Waals surface area contributed by atoms with Crippen LogP contribution >= 0.6 is 0 Å². The first-order valence-corrected chi connectivity index (χ1v) is 10.7. The highest BCUT2D eigenvalue weighted by Crippen LogP contribution is 2.16. The summed E-state index contributed by atoms with van der Waals surface area (Å²) < 4.78 is 5.07. The summed E-state index contributed by atoms with van der Waals surface area (Å²) in [7, 11) is 1.34. The SMILES string of the molecule is COc1nc(NC(=O)C2=NN=C(c3ccccc3)C2)nc(NC(=O)c2nc(-c3ccccc3)n[nH]2)n1. The number of H-pyrrole nitrogens is 1. The predicted molar refractivity (Wildman–Crippen MR) is 130 cm³/mol. The summed E-state index contributed by atoms with van der Waals surface area (Å²) in [6.45, 7) is 0. The molecule has 0 radical (unpaired) electrons. The zero-order chi connectivity index (χ0) is 24.9. The molecular weight excluding hydrogens is 464 g/mol. The van der Waals surface area contributed by atoms with Gasteiger partial charge in [0, 0.05) is 12.0 Å². The smallest absolute Gasteiger partial charge is 0.322 e. The zero-order valence-corrected chi connectivity index (χ0v) is 18.8. The number of rotatable bonds is 7. The second-order valence-electron chi connectivity index (χ2n) is 7.39. The van der Waals surface area contributed by atoms with Crippen molar-refractivity contribution in [1.82, 2.24) is 30.1 Å². The standard InChI is InChI=1S/C23H18N10O3/c1-36-23-28-21(25-19(34)16-12-15(30-31-16)13-8-4-2-5-9-13)27-22(29-23)26-20(35)18-24-17(32-33-18)14-10-6-3-7-11-14/h2-11H,12H2,1H3,(H,24,32,33)(H2,25,26,27,28,29,34,35). The number of hydrogen-bond donors (Lipinski definition) is 3. The topological polar surface area (TPSA) is 172 Å². The van der Waals surface area contributed by atoms with Crippen molar-refractivity contribution in [1.29, 1.82) is 0 Å². The second kappa shape index (κ2) is 9.89. The predicted octanol–water partition coefficient (Wildman–Crippen LogP) is 2.11. The van der Waals surface area contributed by atoms with Gasteiger partial charge in [-0.25, -0.2) is 4.98 Å². The van der Waals surface area contributed by atoms with E-state index in [0.717, 1.165) is 11.1 Å². The Bertz CT molecular complexity index is 1480. The zero-order valence-electron chi connectivity index (χ0n) is 18.8. The third-order valence-corrected chi connectivity index (χ3v) is 4.98. The third kappa shape index (κ3) is 4.94. The van der Waals surface area contributed by atoms with Crippen molar-refractivity contribution < 1.29 is 14.3 Å². The van der Waals surface area contributed by atoms with Gasteiger partial charge in [-0.2, -0.15) is 25.2 Å². The summed E-state index contributed by atoms with van der Waals surface area (Å²) in [5.41, 5.74) is 2.48. The van der Waals surface area contributed by atoms with E-state index in [1.165, 1.54) is 7.11 Å². The molecule has 3 N–H and O–H groups in total. The normalized spacial score (nSPS) is 12.5. The minimum Gasteiger partial charge on any atom is -0.467 e. The fourth-order valence-corrected chi connectivity index (χ4v) is 3.24. The van der Waals surface area contributed by atoms with Crippen molar-refractivity contribution in [2.75, 3.05) is 17.7 Å². The van der Waals surface area contributed by atoms with E-state index >= 15 is 0 Å². The van der Waals surface area contributed by atoms with Gasteiger partial charge in [0.05, 0.1) is 12.8 Å². The number of anilines is 2. The lowest BCUT2D eigenvalue weighted by Gasteiger charge is -2.07. The summed E-state index contributed by atoms with van der Waals surface area (Å²) >= 11 is 0. The van der Waals surface area contributed by atoms with E-state index in [2.05, 4.69) is 51.0 Å². The summed E-state index contributed by atoms with van der Waals surface area (Å²) in [4.78, 5) is 41.7. The van der Waals surface area contributed by atoms with Crippen LogP contribution in [0.25, 0.3) is 11.4 Å². The molecule has 0 saturated carbocycles. The molecule has 178 valence electrons. The molecule has 0 saturated heterocycles. The van der Waals surface area contributed by atoms with Crippen LogP contribution in [0.1, 0.15) is 22.6 Å². The lowest BCUT2D eigenvalue weighted by molar-refractivity contribution is -0.110. The summed E-state index contributed by atoms with van der Waals surface area (Å²) in [5, 5.41) is 19.7. The number of aromatic amines is 1. The lowest BCUT2D eigenvalue weighted by atomic mass is 10.1. The molecule has 2 aromatic heterocycles. The van der Waals surface area contributed by atoms with E-state index in [1.807, 2.05) is 60.7 Å². The van der Waals surface area contributed by atoms with Gasteiger partial charge in [-0.1, -0.05) is 60.7 Å². The van der Waals surface area contributed by atoms with Crippen molar-refractivity contribution in [3.8, 4) is 17.4 Å². The Morgan fingerprint density at radius 1 is 0.806 bits per heavy atom. The number of ether oxygens (including phenoxy) is 1. The van der Waals surface area contributed by atoms with Crippen molar-refractivity contribution >= 4 is 35.1 Å². The Morgan fingerprint density at radius 3 is 2.11 bits per heavy atom. The molecule has 1 aliphatic heterocycles. The van der Waals surface area contributed by atoms with Gasteiger partial charge in [0.15, 0.2) is 5.82 Å². The molecule has 0 unspecified atom stereocenters. The molecule has 0 spiro atoms. The van der Waals surface area contributed by atoms with Crippen molar-refractivity contribution in [3.05, 3.63) is 72.1 Å². The van der Waals surface area contributed by atoms with Crippen molar-refractivity contribution in [2.24, 2.45) is 10.2 Å². The average molecular weight is 482 g/mol. The minimum atomic E-state index is -0.642. The van der Waals surface area contributed by atoms with Gasteiger partial charge >= 0.3 is 6.01 Å². The first-order valence-electron chi connectivity index (χ1n) is 10.7. The van der Waals surface area contributed by atoms with E-state index in [-0.39, 0.29) is 35.9 Å². The second-order valence-corrected chi connectivity index (χ2v) is 7.39. The van der Waals surface area contributed by atoms with E-state index in [9.17, 15) is 9.59 Å². The lowest BCUT2D eigenvalue weighted by Crippen LogP contribution is -2.25. The Labute approximate surface area is 203 Å². The Hall–Kier alpha value is -5.33. The third-order valence-electron chi connectivity index (χ3n) is 4.98. The number of aromatic nitrogens is 6. The maximum absolute atomic E-state index is 12.7. The average Bonchev–Trinajstić information content (AvgIpc) is 3.60. The highest BCUT2D eigenvalue weighted by molar-refractivity contribution is 6.47. The van der Waals surface area contributed by atoms with Crippen LogP contribution in [0.2, 0.25) is 0 Å². The minimum absolute atomic E-state index is 0.0512. The number of amides is 2. The van der Waals surface area contributed by atoms with E-state index in [4.69, 9.17) is 4.74 Å². The maximum atomic E-state index is 12.7. The van der Waals surface area contributed by atoms with Crippen molar-refractivity contribution in [2.45, 2.75) is 6.42 Å². The highest BCUT2D eigenvalue weighted by Gasteiger charge is 2.23. The van der Waals surface area contributed by atoms with Crippen LogP contribution in [0.15, 0.2) is 70.9 Å². The fraction of sp³-hybridized carbons (Fsp3) is 0.0870. The number of carbonyl (C=O) groups excluding carboxylic acids is 2. The molecule has 2 aromatic carbocycles. The van der Waals surface area contributed by atoms with Crippen LogP contribution in [0.5, 0.6) is 6.01 Å². The molecule has 0 bridgehead atoms. The number of nitrogens with zero attached hydrogens (tertiary/aromatic N) is 7. The van der Waals surface area contributed by atoms with Crippen LogP contribution in [0, 0.1) is 0 Å². The van der Waals surface area contributed by atoms with Gasteiger partial charge in [-0.05, 0) is 5.56 Å². The van der Waals surface area contributed by atoms with E-state index < -0.39 is 11.8 Å². The summed E-state index contributed by atoms with van der Waals surface area (Å²) in [6.07, 6.45) is 0.247. The van der Waals surface area contributed by atoms with Gasteiger partial charge in [0.2, 0.25) is 17.7 Å². The number of nitrogens with one attached hydrogen (secondary N) is 3. The summed E-state index contributed by atoms with van der Waals surface area (Å²) in [6, 6.07) is 18.5. The molecule has 0 aliphatic carbocycles. The molecular formula is C23H18N10O3. The van der Waals surface area contributed by atoms with Gasteiger partial charge in [0.1, 0.15) is 5.71 Å². The highest BCUT2D eigenvalue weighted by atomic mass is 16.5. The van der Waals surface area contributed by atoms with Crippen LogP contribution in [0.4, 0.5) is 11.9 Å². The van der Waals surface area contributed by atoms with Gasteiger partial charge in [-0.3, -0.25) is 25.3 Å². The number of benzene rings is 2. The number of carbonyl (C=O) groups is 2. The van der Waals surface area contributed by atoms with E-state index in [1.54, 1.807) is 0 Å². The molecule has 2 amide bonds. The monoisotopic (exact) mass is 482 g/mol. The van der Waals surface area contributed by atoms with E-state index in [0.29, 0.717) is 11.5 Å². The number of hydrogen-bond acceptors (Lipinski definition) is 10. The van der Waals surface area contributed by atoms with Crippen LogP contribution in [-0.4, -0.2) is 60.5 Å². The molecule has 13 heteroatoms. The Morgan fingerprint density at radius 2 is 1.44 bits per heavy atom.